The molecule has 0 amide bonds. The van der Waals surface area contributed by atoms with Gasteiger partial charge in [0.2, 0.25) is 0 Å². The van der Waals surface area contributed by atoms with Crippen molar-refractivity contribution in [3.63, 3.8) is 0 Å². The van der Waals surface area contributed by atoms with Crippen molar-refractivity contribution < 1.29 is 5.11 Å². The fourth-order valence-electron chi connectivity index (χ4n) is 1.94. The molecule has 0 saturated heterocycles. The Morgan fingerprint density at radius 2 is 2.11 bits per heavy atom. The molecule has 102 valence electrons. The van der Waals surface area contributed by atoms with E-state index in [1.165, 1.54) is 0 Å². The van der Waals surface area contributed by atoms with E-state index < -0.39 is 0 Å². The zero-order chi connectivity index (χ0) is 13.5. The van der Waals surface area contributed by atoms with Gasteiger partial charge in [-0.25, -0.2) is 9.97 Å². The van der Waals surface area contributed by atoms with Gasteiger partial charge in [-0.1, -0.05) is 13.8 Å². The van der Waals surface area contributed by atoms with Crippen molar-refractivity contribution >= 4 is 11.6 Å². The molecule has 0 aliphatic heterocycles. The van der Waals surface area contributed by atoms with Gasteiger partial charge in [-0.3, -0.25) is 0 Å². The van der Waals surface area contributed by atoms with Crippen molar-refractivity contribution in [2.24, 2.45) is 0 Å². The zero-order valence-electron chi connectivity index (χ0n) is 11.8. The van der Waals surface area contributed by atoms with Crippen LogP contribution in [-0.4, -0.2) is 41.3 Å². The summed E-state index contributed by atoms with van der Waals surface area (Å²) in [6.07, 6.45) is 3.13. The molecule has 0 aliphatic rings. The molecule has 0 fully saturated rings. The van der Waals surface area contributed by atoms with Crippen LogP contribution in [0.1, 0.15) is 32.8 Å². The van der Waals surface area contributed by atoms with Crippen LogP contribution in [0, 0.1) is 0 Å². The maximum atomic E-state index is 9.46. The first-order valence-electron chi connectivity index (χ1n) is 6.57. The molecule has 1 atom stereocenters. The number of aliphatic hydroxyl groups is 1. The van der Waals surface area contributed by atoms with Gasteiger partial charge < -0.3 is 15.3 Å². The third-order valence-corrected chi connectivity index (χ3v) is 2.72. The van der Waals surface area contributed by atoms with Crippen molar-refractivity contribution in [3.05, 3.63) is 11.9 Å². The van der Waals surface area contributed by atoms with Crippen molar-refractivity contribution in [3.8, 4) is 0 Å². The number of hydrogen-bond acceptors (Lipinski definition) is 5. The number of likely N-dealkylation sites (N-methyl/N-ethyl adjacent to an activating group) is 1. The standard InChI is InChI=1S/C13H24N4O/c1-5-7-14-12-11(6-2)13(16-9-15-12)17(4)8-10(3)18/h9-10,18H,5-8H2,1-4H3,(H,14,15,16). The van der Waals surface area contributed by atoms with Crippen molar-refractivity contribution in [2.75, 3.05) is 30.4 Å². The third-order valence-electron chi connectivity index (χ3n) is 2.72. The molecular weight excluding hydrogens is 228 g/mol. The van der Waals surface area contributed by atoms with E-state index >= 15 is 0 Å². The highest BCUT2D eigenvalue weighted by Crippen LogP contribution is 2.23. The maximum absolute atomic E-state index is 9.46. The average Bonchev–Trinajstić information content (AvgIpc) is 2.34. The Hall–Kier alpha value is -1.36. The SMILES string of the molecule is CCCNc1ncnc(N(C)CC(C)O)c1CC. The minimum Gasteiger partial charge on any atom is -0.392 e. The van der Waals surface area contributed by atoms with Gasteiger partial charge in [-0.05, 0) is 19.8 Å². The zero-order valence-corrected chi connectivity index (χ0v) is 11.8. The average molecular weight is 252 g/mol. The van der Waals surface area contributed by atoms with Gasteiger partial charge >= 0.3 is 0 Å². The first-order valence-corrected chi connectivity index (χ1v) is 6.57. The Kier molecular flexibility index (Phi) is 5.85. The van der Waals surface area contributed by atoms with E-state index in [1.807, 2.05) is 11.9 Å². The molecule has 0 bridgehead atoms. The molecular formula is C13H24N4O. The lowest BCUT2D eigenvalue weighted by Crippen LogP contribution is -2.29. The lowest BCUT2D eigenvalue weighted by molar-refractivity contribution is 0.201. The number of nitrogens with one attached hydrogen (secondary N) is 1. The first kappa shape index (κ1) is 14.7. The van der Waals surface area contributed by atoms with Gasteiger partial charge in [0.15, 0.2) is 0 Å². The van der Waals surface area contributed by atoms with Gasteiger partial charge in [-0.2, -0.15) is 0 Å². The first-order chi connectivity index (χ1) is 8.60. The molecule has 0 radical (unpaired) electrons. The van der Waals surface area contributed by atoms with Gasteiger partial charge in [0, 0.05) is 25.7 Å². The fourth-order valence-corrected chi connectivity index (χ4v) is 1.94. The molecule has 1 unspecified atom stereocenters. The Bertz CT molecular complexity index is 368. The molecule has 0 saturated carbocycles. The lowest BCUT2D eigenvalue weighted by atomic mass is 10.2. The van der Waals surface area contributed by atoms with E-state index in [0.717, 1.165) is 36.6 Å². The van der Waals surface area contributed by atoms with E-state index in [-0.39, 0.29) is 6.10 Å². The monoisotopic (exact) mass is 252 g/mol. The Morgan fingerprint density at radius 3 is 2.67 bits per heavy atom. The summed E-state index contributed by atoms with van der Waals surface area (Å²) in [6.45, 7) is 7.47. The van der Waals surface area contributed by atoms with Crippen LogP contribution < -0.4 is 10.2 Å². The van der Waals surface area contributed by atoms with Crippen LogP contribution in [0.25, 0.3) is 0 Å². The number of aliphatic hydroxyl groups excluding tert-OH is 1. The number of rotatable bonds is 7. The van der Waals surface area contributed by atoms with Gasteiger partial charge in [0.1, 0.15) is 18.0 Å². The minimum absolute atomic E-state index is 0.373. The van der Waals surface area contributed by atoms with Crippen LogP contribution in [0.2, 0.25) is 0 Å². The number of aromatic nitrogens is 2. The second-order valence-electron chi connectivity index (χ2n) is 4.53. The number of anilines is 2. The largest absolute Gasteiger partial charge is 0.392 e. The summed E-state index contributed by atoms with van der Waals surface area (Å²) < 4.78 is 0. The summed E-state index contributed by atoms with van der Waals surface area (Å²) in [6, 6.07) is 0. The maximum Gasteiger partial charge on any atom is 0.137 e. The number of hydrogen-bond donors (Lipinski definition) is 2. The third kappa shape index (κ3) is 3.84. The summed E-state index contributed by atoms with van der Waals surface area (Å²) >= 11 is 0. The smallest absolute Gasteiger partial charge is 0.137 e. The Morgan fingerprint density at radius 1 is 1.39 bits per heavy atom. The van der Waals surface area contributed by atoms with E-state index in [0.29, 0.717) is 6.54 Å². The summed E-state index contributed by atoms with van der Waals surface area (Å²) in [5, 5.41) is 12.8. The molecule has 0 spiro atoms. The summed E-state index contributed by atoms with van der Waals surface area (Å²) in [5.74, 6) is 1.80. The summed E-state index contributed by atoms with van der Waals surface area (Å²) in [4.78, 5) is 10.6. The topological polar surface area (TPSA) is 61.3 Å². The molecule has 0 aromatic carbocycles. The van der Waals surface area contributed by atoms with Crippen LogP contribution in [0.4, 0.5) is 11.6 Å². The highest BCUT2D eigenvalue weighted by molar-refractivity contribution is 5.58. The molecule has 5 heteroatoms. The molecule has 1 aromatic rings. The van der Waals surface area contributed by atoms with E-state index in [9.17, 15) is 5.11 Å². The molecule has 1 heterocycles. The molecule has 5 nitrogen and oxygen atoms in total. The van der Waals surface area contributed by atoms with Crippen LogP contribution >= 0.6 is 0 Å². The Labute approximate surface area is 109 Å². The van der Waals surface area contributed by atoms with Crippen LogP contribution in [0.3, 0.4) is 0 Å². The van der Waals surface area contributed by atoms with Crippen molar-refractivity contribution in [1.82, 2.24) is 9.97 Å². The quantitative estimate of drug-likeness (QED) is 0.773. The second kappa shape index (κ2) is 7.16. The predicted octanol–water partition coefficient (Wildman–Crippen LogP) is 1.68. The highest BCUT2D eigenvalue weighted by atomic mass is 16.3. The van der Waals surface area contributed by atoms with Crippen LogP contribution in [0.15, 0.2) is 6.33 Å². The highest BCUT2D eigenvalue weighted by Gasteiger charge is 2.14. The van der Waals surface area contributed by atoms with E-state index in [2.05, 4.69) is 29.1 Å². The predicted molar refractivity (Wildman–Crippen MR) is 75.1 cm³/mol. The molecule has 2 N–H and O–H groups in total. The molecule has 0 aliphatic carbocycles. The molecule has 1 rings (SSSR count). The molecule has 18 heavy (non-hydrogen) atoms. The van der Waals surface area contributed by atoms with Crippen molar-refractivity contribution in [1.29, 1.82) is 0 Å². The summed E-state index contributed by atoms with van der Waals surface area (Å²) in [7, 11) is 1.94. The van der Waals surface area contributed by atoms with Gasteiger partial charge in [-0.15, -0.1) is 0 Å². The lowest BCUT2D eigenvalue weighted by Gasteiger charge is -2.23. The van der Waals surface area contributed by atoms with Gasteiger partial charge in [0.25, 0.3) is 0 Å². The van der Waals surface area contributed by atoms with E-state index in [4.69, 9.17) is 0 Å². The van der Waals surface area contributed by atoms with Crippen molar-refractivity contribution in [2.45, 2.75) is 39.7 Å². The Balaban J connectivity index is 2.96. The second-order valence-corrected chi connectivity index (χ2v) is 4.53. The fraction of sp³-hybridized carbons (Fsp3) is 0.692. The molecule has 1 aromatic heterocycles. The van der Waals surface area contributed by atoms with Crippen LogP contribution in [-0.2, 0) is 6.42 Å². The normalized spacial score (nSPS) is 12.3. The summed E-state index contributed by atoms with van der Waals surface area (Å²) in [5.41, 5.74) is 1.11. The van der Waals surface area contributed by atoms with E-state index in [1.54, 1.807) is 13.3 Å². The minimum atomic E-state index is -0.373. The van der Waals surface area contributed by atoms with Gasteiger partial charge in [0.05, 0.1) is 6.10 Å². The number of nitrogens with zero attached hydrogens (tertiary/aromatic N) is 3. The van der Waals surface area contributed by atoms with Crippen LogP contribution in [0.5, 0.6) is 0 Å².